The van der Waals surface area contributed by atoms with Crippen LogP contribution in [0, 0.1) is 0 Å². The number of aliphatic hydroxyl groups excluding tert-OH is 1. The molecule has 152 valence electrons. The Kier molecular flexibility index (Phi) is 6.25. The van der Waals surface area contributed by atoms with Crippen molar-refractivity contribution in [2.75, 3.05) is 13.2 Å². The van der Waals surface area contributed by atoms with Crippen molar-refractivity contribution < 1.29 is 24.5 Å². The van der Waals surface area contributed by atoms with Crippen LogP contribution in [0.5, 0.6) is 5.75 Å². The fraction of sp³-hybridized carbons (Fsp3) is 0.273. The van der Waals surface area contributed by atoms with Crippen molar-refractivity contribution in [1.82, 2.24) is 4.90 Å². The molecule has 0 saturated carbocycles. The van der Waals surface area contributed by atoms with Crippen LogP contribution in [0.4, 0.5) is 0 Å². The minimum atomic E-state index is -0.839. The lowest BCUT2D eigenvalue weighted by molar-refractivity contribution is -0.140. The van der Waals surface area contributed by atoms with E-state index in [1.165, 1.54) is 17.0 Å². The van der Waals surface area contributed by atoms with E-state index in [4.69, 9.17) is 16.3 Å². The molecule has 2 N–H and O–H groups in total. The molecule has 3 rings (SSSR count). The number of ketones is 1. The summed E-state index contributed by atoms with van der Waals surface area (Å²) in [5.74, 6) is -1.80. The summed E-state index contributed by atoms with van der Waals surface area (Å²) in [5, 5.41) is 21.3. The first-order chi connectivity index (χ1) is 13.8. The quantitative estimate of drug-likeness (QED) is 0.424. The number of nitrogens with zero attached hydrogens (tertiary/aromatic N) is 1. The smallest absolute Gasteiger partial charge is 0.295 e. The number of halogens is 1. The average Bonchev–Trinajstić information content (AvgIpc) is 2.93. The molecule has 0 radical (unpaired) electrons. The van der Waals surface area contributed by atoms with Crippen LogP contribution in [0.2, 0.25) is 5.02 Å². The number of benzene rings is 2. The minimum Gasteiger partial charge on any atom is -0.508 e. The van der Waals surface area contributed by atoms with E-state index in [0.29, 0.717) is 16.1 Å². The van der Waals surface area contributed by atoms with Gasteiger partial charge >= 0.3 is 0 Å². The number of aromatic hydroxyl groups is 1. The summed E-state index contributed by atoms with van der Waals surface area (Å²) >= 11 is 5.91. The summed E-state index contributed by atoms with van der Waals surface area (Å²) < 4.78 is 5.54. The number of carbonyl (C=O) groups excluding carboxylic acids is 2. The lowest BCUT2D eigenvalue weighted by Gasteiger charge is -2.25. The molecule has 1 amide bonds. The first-order valence-electron chi connectivity index (χ1n) is 9.24. The lowest BCUT2D eigenvalue weighted by atomic mass is 9.95. The highest BCUT2D eigenvalue weighted by atomic mass is 35.5. The zero-order valence-corrected chi connectivity index (χ0v) is 16.9. The van der Waals surface area contributed by atoms with Crippen molar-refractivity contribution in [3.05, 3.63) is 70.3 Å². The third-order valence-corrected chi connectivity index (χ3v) is 4.88. The molecule has 0 aromatic heterocycles. The van der Waals surface area contributed by atoms with Crippen LogP contribution < -0.4 is 0 Å². The molecule has 1 heterocycles. The Labute approximate surface area is 174 Å². The van der Waals surface area contributed by atoms with Crippen molar-refractivity contribution >= 4 is 29.1 Å². The number of hydrogen-bond acceptors (Lipinski definition) is 5. The van der Waals surface area contributed by atoms with E-state index >= 15 is 0 Å². The summed E-state index contributed by atoms with van der Waals surface area (Å²) in [7, 11) is 0. The van der Waals surface area contributed by atoms with Crippen molar-refractivity contribution in [3.63, 3.8) is 0 Å². The minimum absolute atomic E-state index is 0.00184. The van der Waals surface area contributed by atoms with Gasteiger partial charge in [0.15, 0.2) is 0 Å². The number of aliphatic hydroxyl groups is 1. The third-order valence-electron chi connectivity index (χ3n) is 4.63. The number of ether oxygens (including phenoxy) is 1. The molecule has 2 aromatic carbocycles. The molecule has 1 atom stereocenters. The van der Waals surface area contributed by atoms with Gasteiger partial charge in [-0.05, 0) is 55.8 Å². The number of phenolic OH excluding ortho intramolecular Hbond substituents is 1. The van der Waals surface area contributed by atoms with Crippen LogP contribution in [0.15, 0.2) is 54.1 Å². The van der Waals surface area contributed by atoms with Crippen LogP contribution in [0.25, 0.3) is 5.76 Å². The summed E-state index contributed by atoms with van der Waals surface area (Å²) in [6, 6.07) is 11.8. The third kappa shape index (κ3) is 4.44. The number of Topliss-reactive ketones (excluding diaryl/α,β-unsaturated/α-hetero) is 1. The van der Waals surface area contributed by atoms with Gasteiger partial charge < -0.3 is 19.8 Å². The van der Waals surface area contributed by atoms with Gasteiger partial charge in [-0.1, -0.05) is 23.7 Å². The zero-order valence-electron chi connectivity index (χ0n) is 16.1. The SMILES string of the molecule is CC(C)OCCN1C(=O)C(=O)/C(=C(\O)c2ccc(Cl)cc2)C1c1cccc(O)c1. The maximum absolute atomic E-state index is 12.8. The molecule has 1 aliphatic rings. The molecule has 0 spiro atoms. The summed E-state index contributed by atoms with van der Waals surface area (Å²) in [4.78, 5) is 26.9. The van der Waals surface area contributed by atoms with Crippen LogP contribution in [-0.4, -0.2) is 46.1 Å². The number of carbonyl (C=O) groups is 2. The normalized spacial score (nSPS) is 18.6. The highest BCUT2D eigenvalue weighted by Gasteiger charge is 2.46. The van der Waals surface area contributed by atoms with Gasteiger partial charge in [0, 0.05) is 17.1 Å². The molecule has 7 heteroatoms. The summed E-state index contributed by atoms with van der Waals surface area (Å²) in [5.41, 5.74) is 0.854. The van der Waals surface area contributed by atoms with Crippen molar-refractivity contribution in [2.24, 2.45) is 0 Å². The molecule has 0 aliphatic carbocycles. The van der Waals surface area contributed by atoms with Gasteiger partial charge in [-0.25, -0.2) is 0 Å². The second-order valence-corrected chi connectivity index (χ2v) is 7.45. The molecule has 1 saturated heterocycles. The van der Waals surface area contributed by atoms with Crippen LogP contribution in [0.3, 0.4) is 0 Å². The van der Waals surface area contributed by atoms with E-state index in [9.17, 15) is 19.8 Å². The van der Waals surface area contributed by atoms with Gasteiger partial charge in [-0.15, -0.1) is 0 Å². The maximum Gasteiger partial charge on any atom is 0.295 e. The van der Waals surface area contributed by atoms with Gasteiger partial charge in [-0.2, -0.15) is 0 Å². The highest BCUT2D eigenvalue weighted by molar-refractivity contribution is 6.46. The monoisotopic (exact) mass is 415 g/mol. The fourth-order valence-corrected chi connectivity index (χ4v) is 3.43. The Morgan fingerprint density at radius 2 is 1.86 bits per heavy atom. The molecule has 29 heavy (non-hydrogen) atoms. The number of amides is 1. The number of phenols is 1. The van der Waals surface area contributed by atoms with Crippen molar-refractivity contribution in [3.8, 4) is 5.75 Å². The van der Waals surface area contributed by atoms with Crippen LogP contribution >= 0.6 is 11.6 Å². The molecule has 0 bridgehead atoms. The predicted molar refractivity (Wildman–Crippen MR) is 110 cm³/mol. The first-order valence-corrected chi connectivity index (χ1v) is 9.62. The number of hydrogen-bond donors (Lipinski definition) is 2. The Bertz CT molecular complexity index is 952. The Hall–Kier alpha value is -2.83. The number of rotatable bonds is 6. The largest absolute Gasteiger partial charge is 0.508 e. The Morgan fingerprint density at radius 3 is 2.48 bits per heavy atom. The fourth-order valence-electron chi connectivity index (χ4n) is 3.30. The lowest BCUT2D eigenvalue weighted by Crippen LogP contribution is -2.33. The second kappa shape index (κ2) is 8.68. The molecular weight excluding hydrogens is 394 g/mol. The van der Waals surface area contributed by atoms with E-state index in [1.807, 2.05) is 13.8 Å². The molecular formula is C22H22ClNO5. The van der Waals surface area contributed by atoms with E-state index in [1.54, 1.807) is 36.4 Å². The van der Waals surface area contributed by atoms with Crippen molar-refractivity contribution in [1.29, 1.82) is 0 Å². The highest BCUT2D eigenvalue weighted by Crippen LogP contribution is 2.40. The molecule has 6 nitrogen and oxygen atoms in total. The number of likely N-dealkylation sites (tertiary alicyclic amines) is 1. The zero-order chi connectivity index (χ0) is 21.1. The van der Waals surface area contributed by atoms with E-state index in [2.05, 4.69) is 0 Å². The molecule has 1 fully saturated rings. The van der Waals surface area contributed by atoms with Gasteiger partial charge in [-0.3, -0.25) is 9.59 Å². The second-order valence-electron chi connectivity index (χ2n) is 7.01. The Morgan fingerprint density at radius 1 is 1.17 bits per heavy atom. The van der Waals surface area contributed by atoms with Crippen LogP contribution in [-0.2, 0) is 14.3 Å². The van der Waals surface area contributed by atoms with Gasteiger partial charge in [0.25, 0.3) is 11.7 Å². The molecule has 1 aliphatic heterocycles. The summed E-state index contributed by atoms with van der Waals surface area (Å²) in [6.07, 6.45) is -0.0277. The predicted octanol–water partition coefficient (Wildman–Crippen LogP) is 3.89. The van der Waals surface area contributed by atoms with Gasteiger partial charge in [0.05, 0.1) is 24.3 Å². The molecule has 1 unspecified atom stereocenters. The topological polar surface area (TPSA) is 87.1 Å². The maximum atomic E-state index is 12.8. The Balaban J connectivity index is 2.09. The molecule has 2 aromatic rings. The van der Waals surface area contributed by atoms with E-state index in [-0.39, 0.29) is 36.3 Å². The average molecular weight is 416 g/mol. The van der Waals surface area contributed by atoms with Crippen molar-refractivity contribution in [2.45, 2.75) is 26.0 Å². The summed E-state index contributed by atoms with van der Waals surface area (Å²) in [6.45, 7) is 4.16. The standard InChI is InChI=1S/C22H22ClNO5/c1-13(2)29-11-10-24-19(15-4-3-5-17(25)12-15)18(21(27)22(24)28)20(26)14-6-8-16(23)9-7-14/h3-9,12-13,19,25-26H,10-11H2,1-2H3/b20-18-. The van der Waals surface area contributed by atoms with E-state index in [0.717, 1.165) is 0 Å². The van der Waals surface area contributed by atoms with Gasteiger partial charge in [0.1, 0.15) is 11.5 Å². The van der Waals surface area contributed by atoms with Gasteiger partial charge in [0.2, 0.25) is 0 Å². The van der Waals surface area contributed by atoms with E-state index < -0.39 is 17.7 Å². The first kappa shape index (κ1) is 20.9. The van der Waals surface area contributed by atoms with Crippen LogP contribution in [0.1, 0.15) is 31.0 Å².